The molecule has 0 bridgehead atoms. The second-order valence-electron chi connectivity index (χ2n) is 4.76. The Morgan fingerprint density at radius 1 is 1.43 bits per heavy atom. The molecule has 0 spiro atoms. The van der Waals surface area contributed by atoms with Gasteiger partial charge in [0.2, 0.25) is 0 Å². The molecule has 2 nitrogen and oxygen atoms in total. The van der Waals surface area contributed by atoms with Crippen LogP contribution in [-0.2, 0) is 0 Å². The first kappa shape index (κ1) is 12.0. The van der Waals surface area contributed by atoms with E-state index in [0.717, 1.165) is 12.5 Å². The molecule has 1 unspecified atom stereocenters. The summed E-state index contributed by atoms with van der Waals surface area (Å²) in [4.78, 5) is 2.40. The molecule has 14 heavy (non-hydrogen) atoms. The summed E-state index contributed by atoms with van der Waals surface area (Å²) in [6.07, 6.45) is 6.67. The van der Waals surface area contributed by atoms with Crippen LogP contribution in [-0.4, -0.2) is 35.7 Å². The number of nitrogens with zero attached hydrogens (tertiary/aromatic N) is 1. The molecule has 2 atom stereocenters. The minimum atomic E-state index is -0.163. The zero-order valence-electron chi connectivity index (χ0n) is 9.71. The first-order valence-corrected chi connectivity index (χ1v) is 6.12. The molecule has 0 radical (unpaired) electrons. The third-order valence-electron chi connectivity index (χ3n) is 3.11. The molecule has 1 fully saturated rings. The molecular weight excluding hydrogens is 174 g/mol. The largest absolute Gasteiger partial charge is 0.392 e. The van der Waals surface area contributed by atoms with E-state index in [1.54, 1.807) is 0 Å². The van der Waals surface area contributed by atoms with Gasteiger partial charge in [0.15, 0.2) is 0 Å². The van der Waals surface area contributed by atoms with Gasteiger partial charge in [-0.25, -0.2) is 0 Å². The third-order valence-corrected chi connectivity index (χ3v) is 3.11. The van der Waals surface area contributed by atoms with Crippen LogP contribution >= 0.6 is 0 Å². The molecule has 0 amide bonds. The van der Waals surface area contributed by atoms with Crippen LogP contribution in [0.4, 0.5) is 0 Å². The number of hydrogen-bond donors (Lipinski definition) is 1. The first-order valence-electron chi connectivity index (χ1n) is 6.12. The van der Waals surface area contributed by atoms with Gasteiger partial charge >= 0.3 is 0 Å². The Morgan fingerprint density at radius 2 is 2.21 bits per heavy atom. The van der Waals surface area contributed by atoms with Gasteiger partial charge < -0.3 is 10.0 Å². The van der Waals surface area contributed by atoms with Crippen LogP contribution in [0, 0.1) is 5.92 Å². The maximum Gasteiger partial charge on any atom is 0.0639 e. The quantitative estimate of drug-likeness (QED) is 0.663. The molecular formula is C12H25NO. The predicted molar refractivity (Wildman–Crippen MR) is 60.4 cm³/mol. The second-order valence-corrected chi connectivity index (χ2v) is 4.76. The lowest BCUT2D eigenvalue weighted by Crippen LogP contribution is -2.28. The maximum absolute atomic E-state index is 9.27. The molecule has 0 aromatic heterocycles. The summed E-state index contributed by atoms with van der Waals surface area (Å²) in [7, 11) is 0. The maximum atomic E-state index is 9.27. The van der Waals surface area contributed by atoms with Gasteiger partial charge in [-0.15, -0.1) is 0 Å². The van der Waals surface area contributed by atoms with Crippen molar-refractivity contribution in [2.75, 3.05) is 19.6 Å². The van der Waals surface area contributed by atoms with Crippen LogP contribution in [0.25, 0.3) is 0 Å². The Balaban J connectivity index is 2.08. The molecule has 2 heteroatoms. The summed E-state index contributed by atoms with van der Waals surface area (Å²) in [5.41, 5.74) is 0. The predicted octanol–water partition coefficient (Wildman–Crippen LogP) is 2.27. The number of aliphatic hydroxyl groups excluding tert-OH is 1. The average molecular weight is 199 g/mol. The van der Waals surface area contributed by atoms with E-state index in [4.69, 9.17) is 0 Å². The van der Waals surface area contributed by atoms with Crippen LogP contribution in [0.1, 0.15) is 46.0 Å². The Labute approximate surface area is 88.3 Å². The van der Waals surface area contributed by atoms with E-state index in [0.29, 0.717) is 0 Å². The fourth-order valence-electron chi connectivity index (χ4n) is 2.37. The fraction of sp³-hybridized carbons (Fsp3) is 1.00. The number of likely N-dealkylation sites (tertiary alicyclic amines) is 1. The number of rotatable bonds is 6. The highest BCUT2D eigenvalue weighted by Gasteiger charge is 2.22. The summed E-state index contributed by atoms with van der Waals surface area (Å²) in [5, 5.41) is 9.27. The summed E-state index contributed by atoms with van der Waals surface area (Å²) >= 11 is 0. The molecule has 84 valence electrons. The van der Waals surface area contributed by atoms with Crippen LogP contribution < -0.4 is 0 Å². The van der Waals surface area contributed by atoms with Crippen molar-refractivity contribution in [2.24, 2.45) is 5.92 Å². The molecule has 0 saturated carbocycles. The van der Waals surface area contributed by atoms with E-state index in [1.165, 1.54) is 45.2 Å². The van der Waals surface area contributed by atoms with E-state index in [1.807, 2.05) is 6.92 Å². The third kappa shape index (κ3) is 4.43. The fourth-order valence-corrected chi connectivity index (χ4v) is 2.37. The second kappa shape index (κ2) is 6.41. The van der Waals surface area contributed by atoms with Gasteiger partial charge in [0.1, 0.15) is 0 Å². The number of aliphatic hydroxyl groups is 1. The lowest BCUT2D eigenvalue weighted by molar-refractivity contribution is 0.138. The molecule has 1 heterocycles. The van der Waals surface area contributed by atoms with E-state index in [9.17, 15) is 5.11 Å². The summed E-state index contributed by atoms with van der Waals surface area (Å²) in [6.45, 7) is 7.42. The van der Waals surface area contributed by atoms with Gasteiger partial charge in [0.25, 0.3) is 0 Å². The Morgan fingerprint density at radius 3 is 2.86 bits per heavy atom. The molecule has 0 aromatic rings. The summed E-state index contributed by atoms with van der Waals surface area (Å²) in [5.74, 6) is 0.903. The SMILES string of the molecule is CCCCCC1CCN(C[C@@H](C)O)C1. The first-order chi connectivity index (χ1) is 6.72. The number of β-amino-alcohol motifs (C(OH)–C–C–N with tert-alkyl or cyclic N) is 1. The van der Waals surface area contributed by atoms with E-state index < -0.39 is 0 Å². The Bertz CT molecular complexity index is 147. The van der Waals surface area contributed by atoms with E-state index in [-0.39, 0.29) is 6.10 Å². The van der Waals surface area contributed by atoms with Crippen molar-refractivity contribution in [3.63, 3.8) is 0 Å². The highest BCUT2D eigenvalue weighted by molar-refractivity contribution is 4.76. The zero-order chi connectivity index (χ0) is 10.4. The van der Waals surface area contributed by atoms with Gasteiger partial charge in [-0.2, -0.15) is 0 Å². The van der Waals surface area contributed by atoms with Crippen molar-refractivity contribution in [1.82, 2.24) is 4.90 Å². The number of unbranched alkanes of at least 4 members (excludes halogenated alkanes) is 2. The minimum Gasteiger partial charge on any atom is -0.392 e. The van der Waals surface area contributed by atoms with Crippen molar-refractivity contribution >= 4 is 0 Å². The molecule has 1 aliphatic rings. The van der Waals surface area contributed by atoms with Crippen LogP contribution in [0.5, 0.6) is 0 Å². The van der Waals surface area contributed by atoms with Crippen LogP contribution in [0.3, 0.4) is 0 Å². The average Bonchev–Trinajstić information content (AvgIpc) is 2.52. The smallest absolute Gasteiger partial charge is 0.0639 e. The van der Waals surface area contributed by atoms with Crippen molar-refractivity contribution in [2.45, 2.75) is 52.1 Å². The van der Waals surface area contributed by atoms with Crippen molar-refractivity contribution < 1.29 is 5.11 Å². The standard InChI is InChI=1S/C12H25NO/c1-3-4-5-6-12-7-8-13(10-12)9-11(2)14/h11-12,14H,3-10H2,1-2H3/t11-,12?/m1/s1. The van der Waals surface area contributed by atoms with E-state index >= 15 is 0 Å². The van der Waals surface area contributed by atoms with Gasteiger partial charge in [0, 0.05) is 13.1 Å². The molecule has 1 saturated heterocycles. The Hall–Kier alpha value is -0.0800. The highest BCUT2D eigenvalue weighted by Crippen LogP contribution is 2.21. The van der Waals surface area contributed by atoms with Crippen molar-refractivity contribution in [1.29, 1.82) is 0 Å². The van der Waals surface area contributed by atoms with Crippen molar-refractivity contribution in [3.05, 3.63) is 0 Å². The van der Waals surface area contributed by atoms with Gasteiger partial charge in [-0.1, -0.05) is 26.2 Å². The van der Waals surface area contributed by atoms with E-state index in [2.05, 4.69) is 11.8 Å². The molecule has 1 rings (SSSR count). The lowest BCUT2D eigenvalue weighted by atomic mass is 10.0. The molecule has 0 aliphatic carbocycles. The van der Waals surface area contributed by atoms with Gasteiger partial charge in [-0.05, 0) is 32.2 Å². The minimum absolute atomic E-state index is 0.163. The van der Waals surface area contributed by atoms with Crippen LogP contribution in [0.2, 0.25) is 0 Å². The van der Waals surface area contributed by atoms with Gasteiger partial charge in [-0.3, -0.25) is 0 Å². The van der Waals surface area contributed by atoms with Crippen molar-refractivity contribution in [3.8, 4) is 0 Å². The molecule has 1 aliphatic heterocycles. The molecule has 1 N–H and O–H groups in total. The Kier molecular flexibility index (Phi) is 5.49. The summed E-state index contributed by atoms with van der Waals surface area (Å²) < 4.78 is 0. The zero-order valence-corrected chi connectivity index (χ0v) is 9.71. The lowest BCUT2D eigenvalue weighted by Gasteiger charge is -2.17. The normalized spacial score (nSPS) is 25.5. The molecule has 0 aromatic carbocycles. The monoisotopic (exact) mass is 199 g/mol. The summed E-state index contributed by atoms with van der Waals surface area (Å²) in [6, 6.07) is 0. The van der Waals surface area contributed by atoms with Crippen LogP contribution in [0.15, 0.2) is 0 Å². The highest BCUT2D eigenvalue weighted by atomic mass is 16.3. The number of hydrogen-bond acceptors (Lipinski definition) is 2. The topological polar surface area (TPSA) is 23.5 Å². The van der Waals surface area contributed by atoms with Gasteiger partial charge in [0.05, 0.1) is 6.10 Å².